The van der Waals surface area contributed by atoms with E-state index in [1.807, 2.05) is 0 Å². The van der Waals surface area contributed by atoms with E-state index < -0.39 is 68.9 Å². The van der Waals surface area contributed by atoms with Gasteiger partial charge in [0.25, 0.3) is 0 Å². The first-order valence-corrected chi connectivity index (χ1v) is 9.63. The Hall–Kier alpha value is -2.34. The third kappa shape index (κ3) is 5.48. The number of hydrogen-bond donors (Lipinski definition) is 2. The normalized spacial score (nSPS) is 12.8. The Kier molecular flexibility index (Phi) is 8.49. The second kappa shape index (κ2) is 9.86. The van der Waals surface area contributed by atoms with Gasteiger partial charge in [-0.1, -0.05) is 29.1 Å². The van der Waals surface area contributed by atoms with Crippen LogP contribution in [0.25, 0.3) is 0 Å². The molecule has 0 saturated carbocycles. The van der Waals surface area contributed by atoms with Gasteiger partial charge in [0.15, 0.2) is 12.7 Å². The second-order valence-electron chi connectivity index (χ2n) is 5.99. The van der Waals surface area contributed by atoms with Crippen LogP contribution in [0.5, 0.6) is 0 Å². The van der Waals surface area contributed by atoms with Crippen molar-refractivity contribution in [3.8, 4) is 0 Å². The summed E-state index contributed by atoms with van der Waals surface area (Å²) < 4.78 is 65.3. The third-order valence-corrected chi connectivity index (χ3v) is 5.09. The Balaban J connectivity index is 3.18. The number of carboxylic acid groups (broad SMARTS) is 1. The Morgan fingerprint density at radius 1 is 1.06 bits per heavy atom. The summed E-state index contributed by atoms with van der Waals surface area (Å²) in [6, 6.07) is 0. The van der Waals surface area contributed by atoms with Crippen molar-refractivity contribution in [1.82, 2.24) is 0 Å². The molecule has 2 N–H and O–H groups in total. The number of hydrogen-bond acceptors (Lipinski definition) is 7. The van der Waals surface area contributed by atoms with Gasteiger partial charge in [0, 0.05) is 0 Å². The smallest absolute Gasteiger partial charge is 0.405 e. The molecule has 0 aliphatic rings. The fourth-order valence-corrected chi connectivity index (χ4v) is 2.95. The van der Waals surface area contributed by atoms with Crippen molar-refractivity contribution in [3.05, 3.63) is 22.3 Å². The van der Waals surface area contributed by atoms with Gasteiger partial charge < -0.3 is 14.6 Å². The Morgan fingerprint density at radius 3 is 2.00 bits per heavy atom. The van der Waals surface area contributed by atoms with Crippen molar-refractivity contribution in [2.45, 2.75) is 30.9 Å². The molecule has 0 bridgehead atoms. The summed E-state index contributed by atoms with van der Waals surface area (Å²) in [6.07, 6.45) is -3.38. The number of esters is 2. The molecule has 16 heteroatoms. The molecule has 1 aromatic carbocycles. The van der Waals surface area contributed by atoms with Crippen molar-refractivity contribution < 1.29 is 50.7 Å². The quantitative estimate of drug-likeness (QED) is 0.245. The highest BCUT2D eigenvalue weighted by Gasteiger charge is 2.52. The lowest BCUT2D eigenvalue weighted by atomic mass is 9.68. The molecule has 1 aromatic rings. The topological polar surface area (TPSA) is 144 Å². The first-order chi connectivity index (χ1) is 14.1. The zero-order valence-corrected chi connectivity index (χ0v) is 16.7. The van der Waals surface area contributed by atoms with Crippen LogP contribution in [0.15, 0.2) is 0 Å². The van der Waals surface area contributed by atoms with E-state index in [0.29, 0.717) is 6.92 Å². The van der Waals surface area contributed by atoms with Crippen LogP contribution in [0.4, 0.5) is 8.78 Å². The molecular formula is C15H12B4F2O9S. The van der Waals surface area contributed by atoms with Gasteiger partial charge >= 0.3 is 33.3 Å². The van der Waals surface area contributed by atoms with Crippen LogP contribution in [0.3, 0.4) is 0 Å². The molecule has 0 aromatic heterocycles. The minimum absolute atomic E-state index is 0.00933. The van der Waals surface area contributed by atoms with Crippen LogP contribution in [-0.2, 0) is 37.0 Å². The number of aromatic carboxylic acids is 1. The number of rotatable bonds is 9. The lowest BCUT2D eigenvalue weighted by Crippen LogP contribution is -2.42. The van der Waals surface area contributed by atoms with Gasteiger partial charge in [-0.15, -0.1) is 0 Å². The SMILES string of the molecule is [B]Cc1c([B])c(C[B])c(C(=O)OCC(=O)OC(C)C(F)(F)S(=O)(=O)O)c(C(=O)O)c1[B]. The fourth-order valence-electron chi connectivity index (χ4n) is 2.48. The average molecular weight is 450 g/mol. The minimum atomic E-state index is -5.90. The Morgan fingerprint density at radius 2 is 1.58 bits per heavy atom. The van der Waals surface area contributed by atoms with Crippen LogP contribution in [0, 0.1) is 0 Å². The lowest BCUT2D eigenvalue weighted by molar-refractivity contribution is -0.162. The maximum atomic E-state index is 13.4. The van der Waals surface area contributed by atoms with E-state index in [4.69, 9.17) is 35.9 Å². The van der Waals surface area contributed by atoms with E-state index in [1.54, 1.807) is 0 Å². The zero-order chi connectivity index (χ0) is 24.3. The zero-order valence-electron chi connectivity index (χ0n) is 15.9. The molecule has 158 valence electrons. The summed E-state index contributed by atoms with van der Waals surface area (Å²) in [5, 5.41) is 4.59. The maximum absolute atomic E-state index is 13.4. The molecule has 0 saturated heterocycles. The van der Waals surface area contributed by atoms with E-state index in [0.717, 1.165) is 0 Å². The number of alkyl halides is 2. The summed E-state index contributed by atoms with van der Waals surface area (Å²) >= 11 is 0. The summed E-state index contributed by atoms with van der Waals surface area (Å²) in [5.74, 6) is -4.75. The second-order valence-corrected chi connectivity index (χ2v) is 7.49. The van der Waals surface area contributed by atoms with Crippen LogP contribution in [0.1, 0.15) is 38.8 Å². The van der Waals surface area contributed by atoms with Crippen LogP contribution >= 0.6 is 0 Å². The number of carbonyl (C=O) groups is 3. The number of carbonyl (C=O) groups excluding carboxylic acids is 2. The van der Waals surface area contributed by atoms with Gasteiger partial charge in [-0.25, -0.2) is 14.4 Å². The first kappa shape index (κ1) is 26.7. The number of benzene rings is 1. The van der Waals surface area contributed by atoms with Crippen molar-refractivity contribution in [3.63, 3.8) is 0 Å². The van der Waals surface area contributed by atoms with Gasteiger partial charge in [0.05, 0.1) is 26.8 Å². The summed E-state index contributed by atoms with van der Waals surface area (Å²) in [5.41, 5.74) is -2.25. The van der Waals surface area contributed by atoms with Crippen LogP contribution < -0.4 is 10.9 Å². The van der Waals surface area contributed by atoms with Gasteiger partial charge in [-0.05, 0) is 12.5 Å². The maximum Gasteiger partial charge on any atom is 0.405 e. The first-order valence-electron chi connectivity index (χ1n) is 8.19. The highest BCUT2D eigenvalue weighted by molar-refractivity contribution is 7.86. The van der Waals surface area contributed by atoms with E-state index in [9.17, 15) is 36.7 Å². The van der Waals surface area contributed by atoms with E-state index in [-0.39, 0.29) is 22.9 Å². The molecule has 0 heterocycles. The molecule has 9 nitrogen and oxygen atoms in total. The van der Waals surface area contributed by atoms with E-state index in [2.05, 4.69) is 9.47 Å². The van der Waals surface area contributed by atoms with Crippen molar-refractivity contribution in [2.75, 3.05) is 6.61 Å². The molecule has 31 heavy (non-hydrogen) atoms. The Bertz CT molecular complexity index is 1010. The molecule has 0 amide bonds. The summed E-state index contributed by atoms with van der Waals surface area (Å²) in [6.45, 7) is -0.859. The van der Waals surface area contributed by atoms with Gasteiger partial charge in [-0.2, -0.15) is 17.2 Å². The predicted molar refractivity (Wildman–Crippen MR) is 105 cm³/mol. The molecule has 0 fully saturated rings. The van der Waals surface area contributed by atoms with Gasteiger partial charge in [0.1, 0.15) is 15.7 Å². The van der Waals surface area contributed by atoms with Crippen LogP contribution in [0.2, 0.25) is 0 Å². The average Bonchev–Trinajstić information content (AvgIpc) is 2.64. The molecule has 8 radical (unpaired) electrons. The summed E-state index contributed by atoms with van der Waals surface area (Å²) in [4.78, 5) is 35.7. The number of halogens is 2. The molecular weight excluding hydrogens is 437 g/mol. The standard InChI is InChI=1S/C15H12B4F2O9S/c1-5(15(20,21)31(26,27)28)30-8(22)4-29-14(25)9-6(2-16)11(18)7(3-17)12(19)10(9)13(23)24/h5H,2-4H2,1H3,(H,23,24)(H,26,27,28). The van der Waals surface area contributed by atoms with E-state index >= 15 is 0 Å². The van der Waals surface area contributed by atoms with Gasteiger partial charge in [-0.3, -0.25) is 4.55 Å². The predicted octanol–water partition coefficient (Wildman–Crippen LogP) is -2.12. The summed E-state index contributed by atoms with van der Waals surface area (Å²) in [7, 11) is 16.7. The van der Waals surface area contributed by atoms with E-state index in [1.165, 1.54) is 0 Å². The molecule has 0 aliphatic carbocycles. The van der Waals surface area contributed by atoms with Crippen molar-refractivity contribution >= 4 is 70.3 Å². The van der Waals surface area contributed by atoms with Gasteiger partial charge in [0.2, 0.25) is 0 Å². The Labute approximate surface area is 181 Å². The molecule has 1 rings (SSSR count). The van der Waals surface area contributed by atoms with Crippen molar-refractivity contribution in [1.29, 1.82) is 0 Å². The van der Waals surface area contributed by atoms with Crippen molar-refractivity contribution in [2.24, 2.45) is 0 Å². The monoisotopic (exact) mass is 450 g/mol. The third-order valence-electron chi connectivity index (χ3n) is 4.07. The molecule has 1 unspecified atom stereocenters. The highest BCUT2D eigenvalue weighted by atomic mass is 32.2. The number of carboxylic acids is 1. The molecule has 1 atom stereocenters. The highest BCUT2D eigenvalue weighted by Crippen LogP contribution is 2.27. The fraction of sp³-hybridized carbons (Fsp3) is 0.400. The lowest BCUT2D eigenvalue weighted by Gasteiger charge is -2.22. The molecule has 0 spiro atoms. The minimum Gasteiger partial charge on any atom is -0.478 e. The molecule has 0 aliphatic heterocycles. The number of ether oxygens (including phenoxy) is 2. The largest absolute Gasteiger partial charge is 0.478 e. The van der Waals surface area contributed by atoms with Crippen LogP contribution in [-0.4, -0.2) is 85.3 Å².